The molecule has 1 aromatic carbocycles. The maximum absolute atomic E-state index is 13.3. The molecule has 0 radical (unpaired) electrons. The Bertz CT molecular complexity index is 662. The lowest BCUT2D eigenvalue weighted by atomic mass is 9.87. The van der Waals surface area contributed by atoms with Gasteiger partial charge in [0.25, 0.3) is 0 Å². The lowest BCUT2D eigenvalue weighted by Crippen LogP contribution is -2.10. The van der Waals surface area contributed by atoms with E-state index in [-0.39, 0.29) is 43.3 Å². The van der Waals surface area contributed by atoms with Crippen LogP contribution in [0.15, 0.2) is 42.4 Å². The van der Waals surface area contributed by atoms with Crippen LogP contribution in [0.3, 0.4) is 0 Å². The first-order valence-corrected chi connectivity index (χ1v) is 7.55. The minimum Gasteiger partial charge on any atom is -0.487 e. The molecule has 0 bridgehead atoms. The first-order chi connectivity index (χ1) is 10.9. The maximum atomic E-state index is 13.3. The third-order valence-corrected chi connectivity index (χ3v) is 3.35. The summed E-state index contributed by atoms with van der Waals surface area (Å²) in [6, 6.07) is 7.99. The summed E-state index contributed by atoms with van der Waals surface area (Å²) in [5.41, 5.74) is 7.26. The number of rotatable bonds is 6. The number of hydrogen-bond acceptors (Lipinski definition) is 4. The zero-order valence-electron chi connectivity index (χ0n) is 14.2. The van der Waals surface area contributed by atoms with Gasteiger partial charge in [-0.2, -0.15) is 0 Å². The molecule has 0 atom stereocenters. The molecule has 0 saturated heterocycles. The Morgan fingerprint density at radius 1 is 1.29 bits per heavy atom. The summed E-state index contributed by atoms with van der Waals surface area (Å²) in [7, 11) is 0. The fourth-order valence-electron chi connectivity index (χ4n) is 2.04. The Balaban J connectivity index is 0.00000288. The molecule has 0 saturated carbocycles. The molecule has 5 nitrogen and oxygen atoms in total. The van der Waals surface area contributed by atoms with E-state index < -0.39 is 0 Å². The molecule has 1 aromatic heterocycles. The van der Waals surface area contributed by atoms with Crippen molar-refractivity contribution in [2.24, 2.45) is 5.73 Å². The smallest absolute Gasteiger partial charge is 0.134 e. The quantitative estimate of drug-likeness (QED) is 0.863. The average Bonchev–Trinajstić information content (AvgIpc) is 2.92. The largest absolute Gasteiger partial charge is 0.487 e. The van der Waals surface area contributed by atoms with Gasteiger partial charge in [0.2, 0.25) is 0 Å². The maximum Gasteiger partial charge on any atom is 0.134 e. The highest BCUT2D eigenvalue weighted by Gasteiger charge is 2.13. The van der Waals surface area contributed by atoms with Crippen molar-refractivity contribution >= 4 is 12.4 Å². The van der Waals surface area contributed by atoms with E-state index in [4.69, 9.17) is 10.5 Å². The SMILES string of the molecule is CC(C)(C)c1ccc(OCc2cn(C/C(F)=C/CN)nn2)cc1.Cl. The summed E-state index contributed by atoms with van der Waals surface area (Å²) in [6.45, 7) is 6.99. The van der Waals surface area contributed by atoms with Crippen LogP contribution in [0.5, 0.6) is 5.75 Å². The van der Waals surface area contributed by atoms with Crippen molar-refractivity contribution in [2.75, 3.05) is 6.54 Å². The molecule has 0 aliphatic heterocycles. The number of benzene rings is 1. The van der Waals surface area contributed by atoms with Gasteiger partial charge >= 0.3 is 0 Å². The number of aromatic nitrogens is 3. The molecule has 0 aliphatic rings. The van der Waals surface area contributed by atoms with Crippen LogP contribution >= 0.6 is 12.4 Å². The Hall–Kier alpha value is -1.92. The van der Waals surface area contributed by atoms with Crippen LogP contribution in [-0.2, 0) is 18.6 Å². The average molecular weight is 355 g/mol. The highest BCUT2D eigenvalue weighted by molar-refractivity contribution is 5.85. The standard InChI is InChI=1S/C17H23FN4O.ClH/c1-17(2,3)13-4-6-16(7-5-13)23-12-15-11-22(21-20-15)10-14(18)8-9-19;/h4-8,11H,9-10,12,19H2,1-3H3;1H/b14-8-;. The van der Waals surface area contributed by atoms with Crippen LogP contribution in [0, 0.1) is 0 Å². The number of ether oxygens (including phenoxy) is 1. The number of allylic oxidation sites excluding steroid dienone is 1. The normalized spacial score (nSPS) is 12.0. The molecule has 0 fully saturated rings. The highest BCUT2D eigenvalue weighted by atomic mass is 35.5. The first-order valence-electron chi connectivity index (χ1n) is 7.55. The predicted molar refractivity (Wildman–Crippen MR) is 95.0 cm³/mol. The number of nitrogens with zero attached hydrogens (tertiary/aromatic N) is 3. The van der Waals surface area contributed by atoms with Gasteiger partial charge in [-0.25, -0.2) is 9.07 Å². The molecule has 132 valence electrons. The Morgan fingerprint density at radius 3 is 2.54 bits per heavy atom. The van der Waals surface area contributed by atoms with Crippen molar-refractivity contribution in [2.45, 2.75) is 39.3 Å². The lowest BCUT2D eigenvalue weighted by Gasteiger charge is -2.19. The fourth-order valence-corrected chi connectivity index (χ4v) is 2.04. The summed E-state index contributed by atoms with van der Waals surface area (Å²) < 4.78 is 20.4. The molecule has 0 amide bonds. The van der Waals surface area contributed by atoms with Gasteiger partial charge in [0.05, 0.1) is 12.7 Å². The van der Waals surface area contributed by atoms with E-state index in [1.54, 1.807) is 6.20 Å². The summed E-state index contributed by atoms with van der Waals surface area (Å²) in [5, 5.41) is 7.83. The van der Waals surface area contributed by atoms with E-state index in [1.165, 1.54) is 16.3 Å². The first kappa shape index (κ1) is 20.1. The van der Waals surface area contributed by atoms with E-state index in [0.29, 0.717) is 5.69 Å². The van der Waals surface area contributed by atoms with Crippen LogP contribution in [0.1, 0.15) is 32.0 Å². The highest BCUT2D eigenvalue weighted by Crippen LogP contribution is 2.24. The van der Waals surface area contributed by atoms with Gasteiger partial charge in [-0.05, 0) is 29.2 Å². The molecular weight excluding hydrogens is 331 g/mol. The van der Waals surface area contributed by atoms with Crippen molar-refractivity contribution in [3.05, 3.63) is 53.6 Å². The summed E-state index contributed by atoms with van der Waals surface area (Å²) in [6.07, 6.45) is 2.97. The lowest BCUT2D eigenvalue weighted by molar-refractivity contribution is 0.301. The zero-order valence-corrected chi connectivity index (χ0v) is 15.0. The molecule has 2 rings (SSSR count). The third kappa shape index (κ3) is 5.94. The number of nitrogens with two attached hydrogens (primary N) is 1. The zero-order chi connectivity index (χ0) is 16.9. The van der Waals surface area contributed by atoms with E-state index in [2.05, 4.69) is 43.2 Å². The number of hydrogen-bond donors (Lipinski definition) is 1. The summed E-state index contributed by atoms with van der Waals surface area (Å²) >= 11 is 0. The van der Waals surface area contributed by atoms with Crippen molar-refractivity contribution in [1.29, 1.82) is 0 Å². The Labute approximate surface area is 148 Å². The minimum absolute atomic E-state index is 0. The Kier molecular flexibility index (Phi) is 7.38. The molecule has 0 spiro atoms. The van der Waals surface area contributed by atoms with Crippen LogP contribution in [0.4, 0.5) is 4.39 Å². The van der Waals surface area contributed by atoms with Gasteiger partial charge in [0.15, 0.2) is 0 Å². The molecular formula is C17H24ClFN4O. The van der Waals surface area contributed by atoms with Crippen LogP contribution < -0.4 is 10.5 Å². The molecule has 0 aliphatic carbocycles. The third-order valence-electron chi connectivity index (χ3n) is 3.35. The van der Waals surface area contributed by atoms with Gasteiger partial charge in [-0.3, -0.25) is 0 Å². The molecule has 24 heavy (non-hydrogen) atoms. The molecule has 7 heteroatoms. The van der Waals surface area contributed by atoms with Crippen molar-refractivity contribution in [1.82, 2.24) is 15.0 Å². The van der Waals surface area contributed by atoms with Crippen molar-refractivity contribution in [3.63, 3.8) is 0 Å². The van der Waals surface area contributed by atoms with E-state index in [0.717, 1.165) is 5.75 Å². The van der Waals surface area contributed by atoms with E-state index >= 15 is 0 Å². The summed E-state index contributed by atoms with van der Waals surface area (Å²) in [5.74, 6) is 0.435. The van der Waals surface area contributed by atoms with Gasteiger partial charge in [0, 0.05) is 6.54 Å². The van der Waals surface area contributed by atoms with E-state index in [1.807, 2.05) is 12.1 Å². The minimum atomic E-state index is -0.331. The fraction of sp³-hybridized carbons (Fsp3) is 0.412. The monoisotopic (exact) mass is 354 g/mol. The second-order valence-corrected chi connectivity index (χ2v) is 6.36. The summed E-state index contributed by atoms with van der Waals surface area (Å²) in [4.78, 5) is 0. The topological polar surface area (TPSA) is 66.0 Å². The predicted octanol–water partition coefficient (Wildman–Crippen LogP) is 3.39. The number of halogens is 2. The Morgan fingerprint density at radius 2 is 1.96 bits per heavy atom. The molecule has 2 aromatic rings. The molecule has 1 heterocycles. The second-order valence-electron chi connectivity index (χ2n) is 6.36. The van der Waals surface area contributed by atoms with Crippen LogP contribution in [-0.4, -0.2) is 21.5 Å². The molecule has 0 unspecified atom stereocenters. The van der Waals surface area contributed by atoms with Gasteiger partial charge in [0.1, 0.15) is 23.9 Å². The van der Waals surface area contributed by atoms with Gasteiger partial charge < -0.3 is 10.5 Å². The van der Waals surface area contributed by atoms with Crippen molar-refractivity contribution in [3.8, 4) is 5.75 Å². The van der Waals surface area contributed by atoms with Crippen molar-refractivity contribution < 1.29 is 9.13 Å². The van der Waals surface area contributed by atoms with Crippen LogP contribution in [0.25, 0.3) is 0 Å². The van der Waals surface area contributed by atoms with Gasteiger partial charge in [-0.15, -0.1) is 17.5 Å². The van der Waals surface area contributed by atoms with Gasteiger partial charge in [-0.1, -0.05) is 38.1 Å². The second kappa shape index (κ2) is 8.80. The molecule has 2 N–H and O–H groups in total. The van der Waals surface area contributed by atoms with E-state index in [9.17, 15) is 4.39 Å². The van der Waals surface area contributed by atoms with Crippen LogP contribution in [0.2, 0.25) is 0 Å².